The third-order valence-corrected chi connectivity index (χ3v) is 4.59. The van der Waals surface area contributed by atoms with Crippen molar-refractivity contribution in [2.75, 3.05) is 40.3 Å². The van der Waals surface area contributed by atoms with Gasteiger partial charge in [-0.05, 0) is 45.6 Å². The molecule has 21 heavy (non-hydrogen) atoms. The van der Waals surface area contributed by atoms with E-state index in [4.69, 9.17) is 4.74 Å². The second-order valence-corrected chi connectivity index (χ2v) is 5.86. The number of benzene rings is 1. The first-order valence-electron chi connectivity index (χ1n) is 7.89. The lowest BCUT2D eigenvalue weighted by Gasteiger charge is -2.37. The third-order valence-electron chi connectivity index (χ3n) is 4.59. The topological polar surface area (TPSA) is 35.9 Å². The number of likely N-dealkylation sites (N-methyl/N-ethyl adjacent to an activating group) is 1. The van der Waals surface area contributed by atoms with E-state index in [2.05, 4.69) is 23.8 Å². The van der Waals surface area contributed by atoms with Crippen molar-refractivity contribution in [3.05, 3.63) is 29.8 Å². The first-order chi connectivity index (χ1) is 10.2. The van der Waals surface area contributed by atoms with Crippen LogP contribution in [0.3, 0.4) is 0 Å². The van der Waals surface area contributed by atoms with Crippen LogP contribution in [0.4, 0.5) is 0 Å². The molecule has 1 aliphatic heterocycles. The first kappa shape index (κ1) is 16.3. The van der Waals surface area contributed by atoms with E-state index in [0.29, 0.717) is 12.6 Å². The van der Waals surface area contributed by atoms with Crippen LogP contribution in [0, 0.1) is 0 Å². The second kappa shape index (κ2) is 7.78. The zero-order valence-electron chi connectivity index (χ0n) is 13.5. The number of hydrogen-bond acceptors (Lipinski definition) is 4. The van der Waals surface area contributed by atoms with E-state index < -0.39 is 6.10 Å². The molecule has 1 N–H and O–H groups in total. The predicted octanol–water partition coefficient (Wildman–Crippen LogP) is 2.14. The van der Waals surface area contributed by atoms with Gasteiger partial charge in [0.2, 0.25) is 0 Å². The fourth-order valence-corrected chi connectivity index (χ4v) is 3.14. The number of aliphatic hydroxyl groups excluding tert-OH is 1. The van der Waals surface area contributed by atoms with Gasteiger partial charge in [0.15, 0.2) is 0 Å². The van der Waals surface area contributed by atoms with E-state index in [0.717, 1.165) is 30.9 Å². The van der Waals surface area contributed by atoms with Gasteiger partial charge in [-0.1, -0.05) is 25.1 Å². The predicted molar refractivity (Wildman–Crippen MR) is 85.7 cm³/mol. The number of rotatable bonds is 6. The molecule has 4 nitrogen and oxygen atoms in total. The van der Waals surface area contributed by atoms with Crippen LogP contribution in [0.2, 0.25) is 0 Å². The normalized spacial score (nSPS) is 18.9. The molecule has 0 aromatic heterocycles. The van der Waals surface area contributed by atoms with Gasteiger partial charge in [-0.2, -0.15) is 0 Å². The van der Waals surface area contributed by atoms with E-state index in [1.54, 1.807) is 7.11 Å². The summed E-state index contributed by atoms with van der Waals surface area (Å²) >= 11 is 0. The summed E-state index contributed by atoms with van der Waals surface area (Å²) in [5.41, 5.74) is 0.873. The van der Waals surface area contributed by atoms with Gasteiger partial charge in [-0.25, -0.2) is 0 Å². The Morgan fingerprint density at radius 3 is 2.62 bits per heavy atom. The fourth-order valence-electron chi connectivity index (χ4n) is 3.14. The maximum absolute atomic E-state index is 10.5. The van der Waals surface area contributed by atoms with E-state index in [1.807, 2.05) is 24.3 Å². The zero-order chi connectivity index (χ0) is 15.2. The fraction of sp³-hybridized carbons (Fsp3) is 0.647. The SMILES string of the molecule is CCN1CCC(N(C)CC(O)c2ccccc2OC)CC1. The smallest absolute Gasteiger partial charge is 0.124 e. The largest absolute Gasteiger partial charge is 0.496 e. The molecule has 1 atom stereocenters. The minimum Gasteiger partial charge on any atom is -0.496 e. The number of methoxy groups -OCH3 is 1. The molecule has 0 radical (unpaired) electrons. The number of ether oxygens (including phenoxy) is 1. The number of piperidine rings is 1. The molecular formula is C17H28N2O2. The molecule has 0 amide bonds. The van der Waals surface area contributed by atoms with Crippen LogP contribution in [-0.4, -0.2) is 61.3 Å². The van der Waals surface area contributed by atoms with Crippen molar-refractivity contribution in [1.82, 2.24) is 9.80 Å². The zero-order valence-corrected chi connectivity index (χ0v) is 13.5. The Hall–Kier alpha value is -1.10. The van der Waals surface area contributed by atoms with Gasteiger partial charge in [0.1, 0.15) is 5.75 Å². The molecule has 1 fully saturated rings. The third kappa shape index (κ3) is 4.19. The Labute approximate surface area is 128 Å². The van der Waals surface area contributed by atoms with Crippen molar-refractivity contribution in [1.29, 1.82) is 0 Å². The highest BCUT2D eigenvalue weighted by molar-refractivity contribution is 5.35. The van der Waals surface area contributed by atoms with Crippen LogP contribution >= 0.6 is 0 Å². The monoisotopic (exact) mass is 292 g/mol. The van der Waals surface area contributed by atoms with Gasteiger partial charge < -0.3 is 19.6 Å². The summed E-state index contributed by atoms with van der Waals surface area (Å²) in [6.07, 6.45) is 1.86. The molecule has 1 aromatic carbocycles. The number of para-hydroxylation sites is 1. The van der Waals surface area contributed by atoms with Crippen LogP contribution in [0.5, 0.6) is 5.75 Å². The van der Waals surface area contributed by atoms with Crippen molar-refractivity contribution < 1.29 is 9.84 Å². The summed E-state index contributed by atoms with van der Waals surface area (Å²) in [5.74, 6) is 0.763. The highest BCUT2D eigenvalue weighted by Crippen LogP contribution is 2.26. The quantitative estimate of drug-likeness (QED) is 0.871. The van der Waals surface area contributed by atoms with Crippen LogP contribution in [0.25, 0.3) is 0 Å². The van der Waals surface area contributed by atoms with Gasteiger partial charge in [0.05, 0.1) is 13.2 Å². The van der Waals surface area contributed by atoms with Crippen molar-refractivity contribution in [2.24, 2.45) is 0 Å². The Morgan fingerprint density at radius 1 is 1.33 bits per heavy atom. The van der Waals surface area contributed by atoms with Crippen molar-refractivity contribution in [3.8, 4) is 5.75 Å². The molecule has 1 heterocycles. The first-order valence-corrected chi connectivity index (χ1v) is 7.89. The lowest BCUT2D eigenvalue weighted by Crippen LogP contribution is -2.44. The molecule has 0 aliphatic carbocycles. The maximum Gasteiger partial charge on any atom is 0.124 e. The van der Waals surface area contributed by atoms with E-state index in [9.17, 15) is 5.11 Å². The van der Waals surface area contributed by atoms with Gasteiger partial charge in [-0.15, -0.1) is 0 Å². The molecule has 118 valence electrons. The molecule has 0 saturated carbocycles. The summed E-state index contributed by atoms with van der Waals surface area (Å²) in [7, 11) is 3.76. The Balaban J connectivity index is 1.91. The van der Waals surface area contributed by atoms with Gasteiger partial charge in [-0.3, -0.25) is 0 Å². The molecule has 0 spiro atoms. The Bertz CT molecular complexity index is 431. The molecule has 1 aliphatic rings. The average Bonchev–Trinajstić information content (AvgIpc) is 2.54. The summed E-state index contributed by atoms with van der Waals surface area (Å²) < 4.78 is 5.34. The van der Waals surface area contributed by atoms with E-state index in [1.165, 1.54) is 12.8 Å². The van der Waals surface area contributed by atoms with Crippen LogP contribution in [-0.2, 0) is 0 Å². The maximum atomic E-state index is 10.5. The van der Waals surface area contributed by atoms with Crippen LogP contribution in [0.15, 0.2) is 24.3 Å². The van der Waals surface area contributed by atoms with E-state index >= 15 is 0 Å². The lowest BCUT2D eigenvalue weighted by molar-refractivity contribution is 0.0736. The minimum atomic E-state index is -0.504. The van der Waals surface area contributed by atoms with Crippen molar-refractivity contribution >= 4 is 0 Å². The highest BCUT2D eigenvalue weighted by Gasteiger charge is 2.24. The second-order valence-electron chi connectivity index (χ2n) is 5.86. The number of aliphatic hydroxyl groups is 1. The van der Waals surface area contributed by atoms with Crippen LogP contribution < -0.4 is 4.74 Å². The summed E-state index contributed by atoms with van der Waals surface area (Å²) in [5, 5.41) is 10.5. The lowest BCUT2D eigenvalue weighted by atomic mass is 10.0. The number of likely N-dealkylation sites (tertiary alicyclic amines) is 1. The molecule has 4 heteroatoms. The average molecular weight is 292 g/mol. The molecular weight excluding hydrogens is 264 g/mol. The molecule has 1 aromatic rings. The minimum absolute atomic E-state index is 0.504. The van der Waals surface area contributed by atoms with Crippen LogP contribution in [0.1, 0.15) is 31.4 Å². The molecule has 2 rings (SSSR count). The number of nitrogens with zero attached hydrogens (tertiary/aromatic N) is 2. The summed E-state index contributed by atoms with van der Waals surface area (Å²) in [6.45, 7) is 6.33. The van der Waals surface area contributed by atoms with E-state index in [-0.39, 0.29) is 0 Å². The van der Waals surface area contributed by atoms with Gasteiger partial charge in [0, 0.05) is 18.2 Å². The van der Waals surface area contributed by atoms with Crippen molar-refractivity contribution in [2.45, 2.75) is 31.9 Å². The Kier molecular flexibility index (Phi) is 6.03. The molecule has 1 saturated heterocycles. The standard InChI is InChI=1S/C17H28N2O2/c1-4-19-11-9-14(10-12-19)18(2)13-16(20)15-7-5-6-8-17(15)21-3/h5-8,14,16,20H,4,9-13H2,1-3H3. The molecule has 1 unspecified atom stereocenters. The summed E-state index contributed by atoms with van der Waals surface area (Å²) in [4.78, 5) is 4.78. The number of hydrogen-bond donors (Lipinski definition) is 1. The highest BCUT2D eigenvalue weighted by atomic mass is 16.5. The Morgan fingerprint density at radius 2 is 2.00 bits per heavy atom. The van der Waals surface area contributed by atoms with Crippen molar-refractivity contribution in [3.63, 3.8) is 0 Å². The summed E-state index contributed by atoms with van der Waals surface area (Å²) in [6, 6.07) is 8.28. The molecule has 0 bridgehead atoms. The van der Waals surface area contributed by atoms with Gasteiger partial charge in [0.25, 0.3) is 0 Å². The van der Waals surface area contributed by atoms with Gasteiger partial charge >= 0.3 is 0 Å².